The highest BCUT2D eigenvalue weighted by Crippen LogP contribution is 2.17. The molecule has 0 aliphatic rings. The van der Waals surface area contributed by atoms with Crippen LogP contribution in [-0.4, -0.2) is 19.5 Å². The molecule has 0 radical (unpaired) electrons. The SMILES string of the molecule is Cc1ccc(-n2c(N)nc3nc[nH]c3c2=O)c(C)c1. The van der Waals surface area contributed by atoms with E-state index in [4.69, 9.17) is 5.73 Å². The Morgan fingerprint density at radius 1 is 1.32 bits per heavy atom. The molecule has 0 amide bonds. The minimum absolute atomic E-state index is 0.136. The number of rotatable bonds is 1. The molecule has 0 aliphatic heterocycles. The Bertz CT molecular complexity index is 831. The van der Waals surface area contributed by atoms with Gasteiger partial charge >= 0.3 is 0 Å². The van der Waals surface area contributed by atoms with E-state index in [1.54, 1.807) is 0 Å². The van der Waals surface area contributed by atoms with Crippen LogP contribution in [-0.2, 0) is 0 Å². The fourth-order valence-corrected chi connectivity index (χ4v) is 2.19. The number of imidazole rings is 1. The number of hydrogen-bond donors (Lipinski definition) is 2. The second kappa shape index (κ2) is 3.94. The number of nitrogens with one attached hydrogen (secondary N) is 1. The number of benzene rings is 1. The van der Waals surface area contributed by atoms with Gasteiger partial charge in [-0.25, -0.2) is 9.55 Å². The predicted molar refractivity (Wildman–Crippen MR) is 73.4 cm³/mol. The molecule has 0 unspecified atom stereocenters. The molecule has 0 aliphatic carbocycles. The molecule has 6 nitrogen and oxygen atoms in total. The normalized spacial score (nSPS) is 11.1. The van der Waals surface area contributed by atoms with Gasteiger partial charge in [-0.1, -0.05) is 17.7 Å². The molecule has 1 aromatic carbocycles. The van der Waals surface area contributed by atoms with Crippen molar-refractivity contribution in [1.82, 2.24) is 19.5 Å². The molecule has 3 rings (SSSR count). The van der Waals surface area contributed by atoms with Gasteiger partial charge in [0.1, 0.15) is 0 Å². The van der Waals surface area contributed by atoms with E-state index in [9.17, 15) is 4.79 Å². The van der Waals surface area contributed by atoms with Crippen LogP contribution in [0.5, 0.6) is 0 Å². The summed E-state index contributed by atoms with van der Waals surface area (Å²) in [6.45, 7) is 3.94. The van der Waals surface area contributed by atoms with E-state index in [-0.39, 0.29) is 11.5 Å². The molecule has 3 N–H and O–H groups in total. The average molecular weight is 255 g/mol. The number of H-pyrrole nitrogens is 1. The Hall–Kier alpha value is -2.63. The maximum Gasteiger partial charge on any atom is 0.285 e. The van der Waals surface area contributed by atoms with E-state index in [1.165, 1.54) is 10.9 Å². The summed E-state index contributed by atoms with van der Waals surface area (Å²) in [6.07, 6.45) is 1.44. The molecule has 2 aromatic heterocycles. The molecule has 96 valence electrons. The number of aryl methyl sites for hydroxylation is 2. The van der Waals surface area contributed by atoms with Crippen molar-refractivity contribution in [3.8, 4) is 5.69 Å². The molecule has 0 saturated carbocycles. The Balaban J connectivity index is 2.39. The summed E-state index contributed by atoms with van der Waals surface area (Å²) >= 11 is 0. The number of aromatic nitrogens is 4. The molecule has 0 fully saturated rings. The van der Waals surface area contributed by atoms with Crippen molar-refractivity contribution in [2.75, 3.05) is 5.73 Å². The van der Waals surface area contributed by atoms with Crippen molar-refractivity contribution in [2.24, 2.45) is 0 Å². The molecule has 0 atom stereocenters. The number of fused-ring (bicyclic) bond motifs is 1. The van der Waals surface area contributed by atoms with Crippen LogP contribution in [0, 0.1) is 13.8 Å². The van der Waals surface area contributed by atoms with Crippen molar-refractivity contribution in [2.45, 2.75) is 13.8 Å². The van der Waals surface area contributed by atoms with Gasteiger partial charge in [0.15, 0.2) is 11.2 Å². The van der Waals surface area contributed by atoms with Crippen LogP contribution in [0.25, 0.3) is 16.9 Å². The van der Waals surface area contributed by atoms with Crippen molar-refractivity contribution in [1.29, 1.82) is 0 Å². The highest BCUT2D eigenvalue weighted by molar-refractivity contribution is 5.71. The minimum atomic E-state index is -0.244. The summed E-state index contributed by atoms with van der Waals surface area (Å²) in [5, 5.41) is 0. The molecule has 0 bridgehead atoms. The van der Waals surface area contributed by atoms with Gasteiger partial charge in [-0.3, -0.25) is 4.79 Å². The lowest BCUT2D eigenvalue weighted by molar-refractivity contribution is 0.964. The third-order valence-electron chi connectivity index (χ3n) is 3.08. The summed E-state index contributed by atoms with van der Waals surface area (Å²) in [5.74, 6) is 0.136. The molecule has 2 heterocycles. The third kappa shape index (κ3) is 1.69. The topological polar surface area (TPSA) is 89.6 Å². The summed E-state index contributed by atoms with van der Waals surface area (Å²) in [5.41, 5.74) is 9.16. The smallest absolute Gasteiger partial charge is 0.285 e. The fourth-order valence-electron chi connectivity index (χ4n) is 2.19. The molecule has 0 spiro atoms. The standard InChI is InChI=1S/C13H13N5O/c1-7-3-4-9(8(2)5-7)18-12(19)10-11(16-6-15-10)17-13(18)14/h3-6H,1-2H3,(H2,14,17)(H,15,16). The third-order valence-corrected chi connectivity index (χ3v) is 3.08. The summed E-state index contributed by atoms with van der Waals surface area (Å²) in [6, 6.07) is 5.80. The number of nitrogens with zero attached hydrogens (tertiary/aromatic N) is 3. The van der Waals surface area contributed by atoms with E-state index in [2.05, 4.69) is 15.0 Å². The average Bonchev–Trinajstić information content (AvgIpc) is 2.80. The lowest BCUT2D eigenvalue weighted by Crippen LogP contribution is -2.23. The lowest BCUT2D eigenvalue weighted by Gasteiger charge is -2.11. The molecule has 3 aromatic rings. The fraction of sp³-hybridized carbons (Fsp3) is 0.154. The van der Waals surface area contributed by atoms with Gasteiger partial charge in [0, 0.05) is 0 Å². The number of nitrogen functional groups attached to an aromatic ring is 1. The van der Waals surface area contributed by atoms with Crippen LogP contribution in [0.3, 0.4) is 0 Å². The van der Waals surface area contributed by atoms with Gasteiger partial charge in [0.2, 0.25) is 5.95 Å². The first-order chi connectivity index (χ1) is 9.08. The zero-order valence-corrected chi connectivity index (χ0v) is 10.6. The van der Waals surface area contributed by atoms with Crippen LogP contribution in [0.15, 0.2) is 29.3 Å². The van der Waals surface area contributed by atoms with Gasteiger partial charge in [0.25, 0.3) is 5.56 Å². The number of nitrogens with two attached hydrogens (primary N) is 1. The van der Waals surface area contributed by atoms with Crippen molar-refractivity contribution >= 4 is 17.1 Å². The van der Waals surface area contributed by atoms with Crippen LogP contribution in [0.2, 0.25) is 0 Å². The van der Waals surface area contributed by atoms with E-state index < -0.39 is 0 Å². The molecule has 0 saturated heterocycles. The van der Waals surface area contributed by atoms with Gasteiger partial charge < -0.3 is 10.7 Å². The second-order valence-corrected chi connectivity index (χ2v) is 4.50. The van der Waals surface area contributed by atoms with Crippen LogP contribution in [0.1, 0.15) is 11.1 Å². The van der Waals surface area contributed by atoms with E-state index in [0.717, 1.165) is 16.8 Å². The van der Waals surface area contributed by atoms with Gasteiger partial charge in [-0.05, 0) is 25.5 Å². The van der Waals surface area contributed by atoms with E-state index >= 15 is 0 Å². The first-order valence-corrected chi connectivity index (χ1v) is 5.87. The molecule has 19 heavy (non-hydrogen) atoms. The molecular formula is C13H13N5O. The lowest BCUT2D eigenvalue weighted by atomic mass is 10.1. The maximum absolute atomic E-state index is 12.4. The zero-order valence-electron chi connectivity index (χ0n) is 10.6. The molecular weight excluding hydrogens is 242 g/mol. The predicted octanol–water partition coefficient (Wildman–Crippen LogP) is 1.31. The van der Waals surface area contributed by atoms with Gasteiger partial charge in [-0.15, -0.1) is 0 Å². The highest BCUT2D eigenvalue weighted by atomic mass is 16.1. The Kier molecular flexibility index (Phi) is 2.38. The monoisotopic (exact) mass is 255 g/mol. The number of aromatic amines is 1. The van der Waals surface area contributed by atoms with Crippen molar-refractivity contribution < 1.29 is 0 Å². The first-order valence-electron chi connectivity index (χ1n) is 5.87. The number of hydrogen-bond acceptors (Lipinski definition) is 4. The Labute approximate surface area is 108 Å². The quantitative estimate of drug-likeness (QED) is 0.686. The number of anilines is 1. The Morgan fingerprint density at radius 3 is 2.84 bits per heavy atom. The van der Waals surface area contributed by atoms with Crippen LogP contribution >= 0.6 is 0 Å². The van der Waals surface area contributed by atoms with Crippen LogP contribution in [0.4, 0.5) is 5.95 Å². The summed E-state index contributed by atoms with van der Waals surface area (Å²) in [4.78, 5) is 23.3. The van der Waals surface area contributed by atoms with Gasteiger partial charge in [-0.2, -0.15) is 4.98 Å². The van der Waals surface area contributed by atoms with Crippen molar-refractivity contribution in [3.63, 3.8) is 0 Å². The first kappa shape index (κ1) is 11.5. The van der Waals surface area contributed by atoms with E-state index in [0.29, 0.717) is 11.2 Å². The molecule has 6 heteroatoms. The zero-order chi connectivity index (χ0) is 13.6. The second-order valence-electron chi connectivity index (χ2n) is 4.50. The summed E-state index contributed by atoms with van der Waals surface area (Å²) < 4.78 is 1.40. The Morgan fingerprint density at radius 2 is 2.11 bits per heavy atom. The summed E-state index contributed by atoms with van der Waals surface area (Å²) in [7, 11) is 0. The van der Waals surface area contributed by atoms with Gasteiger partial charge in [0.05, 0.1) is 12.0 Å². The van der Waals surface area contributed by atoms with E-state index in [1.807, 2.05) is 32.0 Å². The highest BCUT2D eigenvalue weighted by Gasteiger charge is 2.13. The largest absolute Gasteiger partial charge is 0.369 e. The maximum atomic E-state index is 12.4. The van der Waals surface area contributed by atoms with Crippen molar-refractivity contribution in [3.05, 3.63) is 46.0 Å². The minimum Gasteiger partial charge on any atom is -0.369 e. The van der Waals surface area contributed by atoms with Crippen LogP contribution < -0.4 is 11.3 Å².